The number of hydrogen-bond acceptors (Lipinski definition) is 0. The molecule has 0 saturated carbocycles. The van der Waals surface area contributed by atoms with Crippen molar-refractivity contribution < 1.29 is 1.37 Å². The van der Waals surface area contributed by atoms with Gasteiger partial charge in [-0.05, 0) is 71.8 Å². The van der Waals surface area contributed by atoms with Crippen LogP contribution in [0, 0.1) is 0 Å². The molecule has 0 unspecified atom stereocenters. The zero-order valence-electron chi connectivity index (χ0n) is 20.8. The molecule has 0 radical (unpaired) electrons. The maximum absolute atomic E-state index is 7.88. The van der Waals surface area contributed by atoms with Crippen LogP contribution in [0.25, 0.3) is 65.7 Å². The van der Waals surface area contributed by atoms with Crippen molar-refractivity contribution >= 4 is 32.3 Å². The monoisotopic (exact) mass is 457 g/mol. The number of benzene rings is 7. The zero-order chi connectivity index (χ0) is 24.8. The lowest BCUT2D eigenvalue weighted by atomic mass is 9.86. The molecule has 7 rings (SSSR count). The van der Waals surface area contributed by atoms with Crippen LogP contribution in [0.2, 0.25) is 0 Å². The molecule has 0 saturated heterocycles. The number of fused-ring (bicyclic) bond motifs is 3. The Morgan fingerprint density at radius 1 is 0.333 bits per heavy atom. The van der Waals surface area contributed by atoms with Gasteiger partial charge in [0.15, 0.2) is 0 Å². The summed E-state index contributed by atoms with van der Waals surface area (Å²) in [6.45, 7) is 0. The fourth-order valence-corrected chi connectivity index (χ4v) is 5.49. The van der Waals surface area contributed by atoms with Crippen molar-refractivity contribution in [3.63, 3.8) is 0 Å². The minimum atomic E-state index is 0.544. The van der Waals surface area contributed by atoms with Crippen LogP contribution in [0.1, 0.15) is 1.37 Å². The van der Waals surface area contributed by atoms with Crippen LogP contribution >= 0.6 is 0 Å². The Morgan fingerprint density at radius 3 is 1.44 bits per heavy atom. The van der Waals surface area contributed by atoms with Crippen molar-refractivity contribution in [1.29, 1.82) is 0 Å². The highest BCUT2D eigenvalue weighted by Gasteiger charge is 2.16. The molecule has 0 heterocycles. The first kappa shape index (κ1) is 19.6. The van der Waals surface area contributed by atoms with E-state index in [0.717, 1.165) is 10.8 Å². The molecule has 0 amide bonds. The van der Waals surface area contributed by atoms with Crippen LogP contribution < -0.4 is 0 Å². The topological polar surface area (TPSA) is 0 Å². The molecule has 0 atom stereocenters. The summed E-state index contributed by atoms with van der Waals surface area (Å²) in [4.78, 5) is 0. The third-order valence-electron chi connectivity index (χ3n) is 7.19. The fourth-order valence-electron chi connectivity index (χ4n) is 5.49. The summed E-state index contributed by atoms with van der Waals surface area (Å²) in [6.07, 6.45) is 0. The minimum absolute atomic E-state index is 0.544. The van der Waals surface area contributed by atoms with E-state index in [1.54, 1.807) is 0 Å². The van der Waals surface area contributed by atoms with E-state index in [-0.39, 0.29) is 0 Å². The van der Waals surface area contributed by atoms with E-state index in [0.29, 0.717) is 6.04 Å². The van der Waals surface area contributed by atoms with Crippen LogP contribution in [0.3, 0.4) is 0 Å². The van der Waals surface area contributed by atoms with Crippen molar-refractivity contribution in [3.8, 4) is 33.4 Å². The Balaban J connectivity index is 1.42. The van der Waals surface area contributed by atoms with E-state index in [1.807, 2.05) is 18.2 Å². The van der Waals surface area contributed by atoms with Crippen LogP contribution in [0.5, 0.6) is 0 Å². The molecule has 36 heavy (non-hydrogen) atoms. The Labute approximate surface area is 212 Å². The number of rotatable bonds is 3. The summed E-state index contributed by atoms with van der Waals surface area (Å²) in [7, 11) is 0. The van der Waals surface area contributed by atoms with E-state index in [4.69, 9.17) is 1.37 Å². The normalized spacial score (nSPS) is 11.7. The van der Waals surface area contributed by atoms with E-state index >= 15 is 0 Å². The average molecular weight is 458 g/mol. The Kier molecular flexibility index (Phi) is 4.64. The van der Waals surface area contributed by atoms with E-state index in [1.165, 1.54) is 54.9 Å². The largest absolute Gasteiger partial charge is 0.0623 e. The van der Waals surface area contributed by atoms with E-state index in [2.05, 4.69) is 121 Å². The summed E-state index contributed by atoms with van der Waals surface area (Å²) < 4.78 is 7.88. The highest BCUT2D eigenvalue weighted by Crippen LogP contribution is 2.43. The Bertz CT molecular complexity index is 1860. The standard InChI is InChI=1S/C36H24/c1-2-11-27(12-3-1)35-31-14-6-8-16-33(31)36(34-17-9-7-15-32(34)35)28-21-18-26(19-22-28)30-23-20-25-10-4-5-13-29(25)24-30/h1-24H/i4D. The quantitative estimate of drug-likeness (QED) is 0.232. The maximum Gasteiger partial charge on any atom is 0.0623 e. The van der Waals surface area contributed by atoms with Crippen molar-refractivity contribution in [1.82, 2.24) is 0 Å². The lowest BCUT2D eigenvalue weighted by molar-refractivity contribution is 1.62. The molecular formula is C36H24. The second-order valence-electron chi connectivity index (χ2n) is 9.27. The second kappa shape index (κ2) is 8.52. The summed E-state index contributed by atoms with van der Waals surface area (Å²) in [5, 5.41) is 7.34. The van der Waals surface area contributed by atoms with Gasteiger partial charge in [-0.25, -0.2) is 0 Å². The predicted octanol–water partition coefficient (Wildman–Crippen LogP) is 10.1. The van der Waals surface area contributed by atoms with Gasteiger partial charge in [0.2, 0.25) is 0 Å². The van der Waals surface area contributed by atoms with Gasteiger partial charge < -0.3 is 0 Å². The summed E-state index contributed by atoms with van der Waals surface area (Å²) in [6, 6.07) is 50.0. The summed E-state index contributed by atoms with van der Waals surface area (Å²) in [5.41, 5.74) is 7.40. The predicted molar refractivity (Wildman–Crippen MR) is 155 cm³/mol. The molecule has 0 heteroatoms. The van der Waals surface area contributed by atoms with Gasteiger partial charge in [0.05, 0.1) is 1.37 Å². The molecule has 7 aromatic rings. The maximum atomic E-state index is 7.88. The first-order valence-corrected chi connectivity index (χ1v) is 12.4. The molecule has 0 aromatic heterocycles. The lowest BCUT2D eigenvalue weighted by Gasteiger charge is -2.18. The molecule has 7 aromatic carbocycles. The molecule has 0 fully saturated rings. The first-order valence-electron chi connectivity index (χ1n) is 12.9. The van der Waals surface area contributed by atoms with Gasteiger partial charge in [0, 0.05) is 0 Å². The van der Waals surface area contributed by atoms with Gasteiger partial charge >= 0.3 is 0 Å². The second-order valence-corrected chi connectivity index (χ2v) is 9.27. The van der Waals surface area contributed by atoms with Gasteiger partial charge in [-0.3, -0.25) is 0 Å². The van der Waals surface area contributed by atoms with Gasteiger partial charge in [-0.15, -0.1) is 0 Å². The first-order chi connectivity index (χ1) is 18.3. The van der Waals surface area contributed by atoms with Crippen LogP contribution in [0.15, 0.2) is 146 Å². The minimum Gasteiger partial charge on any atom is -0.0622 e. The fraction of sp³-hybridized carbons (Fsp3) is 0. The third kappa shape index (κ3) is 3.39. The van der Waals surface area contributed by atoms with E-state index in [9.17, 15) is 0 Å². The highest BCUT2D eigenvalue weighted by atomic mass is 14.2. The van der Waals surface area contributed by atoms with Crippen molar-refractivity contribution in [2.75, 3.05) is 0 Å². The average Bonchev–Trinajstić information content (AvgIpc) is 2.96. The highest BCUT2D eigenvalue weighted by molar-refractivity contribution is 6.21. The van der Waals surface area contributed by atoms with Crippen molar-refractivity contribution in [2.24, 2.45) is 0 Å². The van der Waals surface area contributed by atoms with Gasteiger partial charge in [-0.2, -0.15) is 0 Å². The molecule has 168 valence electrons. The smallest absolute Gasteiger partial charge is 0.0622 e. The molecule has 0 aliphatic carbocycles. The molecule has 0 N–H and O–H groups in total. The van der Waals surface area contributed by atoms with E-state index < -0.39 is 0 Å². The van der Waals surface area contributed by atoms with Gasteiger partial charge in [-0.1, -0.05) is 140 Å². The Morgan fingerprint density at radius 2 is 0.833 bits per heavy atom. The molecular weight excluding hydrogens is 432 g/mol. The molecule has 0 aliphatic rings. The molecule has 0 spiro atoms. The SMILES string of the molecule is [2H]c1ccc2cc(-c3ccc(-c4c5ccccc5c(-c5ccccc5)c5ccccc45)cc3)ccc2c1. The van der Waals surface area contributed by atoms with Gasteiger partial charge in [0.1, 0.15) is 0 Å². The number of hydrogen-bond donors (Lipinski definition) is 0. The summed E-state index contributed by atoms with van der Waals surface area (Å²) in [5.74, 6) is 0. The molecule has 0 bridgehead atoms. The van der Waals surface area contributed by atoms with Crippen LogP contribution in [0.4, 0.5) is 0 Å². The van der Waals surface area contributed by atoms with Crippen LogP contribution in [-0.4, -0.2) is 0 Å². The van der Waals surface area contributed by atoms with Crippen LogP contribution in [-0.2, 0) is 0 Å². The Hall–Kier alpha value is -4.68. The molecule has 0 aliphatic heterocycles. The third-order valence-corrected chi connectivity index (χ3v) is 7.19. The molecule has 0 nitrogen and oxygen atoms in total. The van der Waals surface area contributed by atoms with Gasteiger partial charge in [0.25, 0.3) is 0 Å². The zero-order valence-corrected chi connectivity index (χ0v) is 19.8. The van der Waals surface area contributed by atoms with Crippen molar-refractivity contribution in [2.45, 2.75) is 0 Å². The summed E-state index contributed by atoms with van der Waals surface area (Å²) >= 11 is 0. The lowest BCUT2D eigenvalue weighted by Crippen LogP contribution is -1.90. The van der Waals surface area contributed by atoms with Crippen molar-refractivity contribution in [3.05, 3.63) is 146 Å².